The van der Waals surface area contributed by atoms with E-state index in [1.54, 1.807) is 17.0 Å². The zero-order valence-electron chi connectivity index (χ0n) is 11.7. The van der Waals surface area contributed by atoms with Gasteiger partial charge in [-0.2, -0.15) is 0 Å². The molecule has 1 saturated heterocycles. The summed E-state index contributed by atoms with van der Waals surface area (Å²) in [5, 5.41) is 0. The first-order chi connectivity index (χ1) is 9.08. The molecule has 0 aromatic heterocycles. The molecule has 4 nitrogen and oxygen atoms in total. The van der Waals surface area contributed by atoms with Crippen molar-refractivity contribution in [3.8, 4) is 0 Å². The van der Waals surface area contributed by atoms with Gasteiger partial charge in [0, 0.05) is 31.5 Å². The van der Waals surface area contributed by atoms with Crippen LogP contribution in [0.1, 0.15) is 28.8 Å². The van der Waals surface area contributed by atoms with Crippen molar-refractivity contribution >= 4 is 11.6 Å². The van der Waals surface area contributed by atoms with Crippen molar-refractivity contribution in [3.63, 3.8) is 0 Å². The molecular formula is C15H22N2O2. The Hall–Kier alpha value is -1.55. The lowest BCUT2D eigenvalue weighted by Crippen LogP contribution is -2.35. The van der Waals surface area contributed by atoms with Crippen LogP contribution in [0.4, 0.5) is 5.69 Å². The van der Waals surface area contributed by atoms with Crippen LogP contribution in [-0.4, -0.2) is 37.6 Å². The maximum atomic E-state index is 12.4. The maximum absolute atomic E-state index is 12.4. The molecular weight excluding hydrogens is 240 g/mol. The van der Waals surface area contributed by atoms with Crippen LogP contribution in [0.3, 0.4) is 0 Å². The van der Waals surface area contributed by atoms with E-state index in [1.165, 1.54) is 0 Å². The van der Waals surface area contributed by atoms with E-state index >= 15 is 0 Å². The standard InChI is InChI=1S/C15H22N2O2/c1-11-8-13(16)5-6-14(11)15(18)17(2)9-12-4-3-7-19-10-12/h5-6,8,12H,3-4,7,9-10,16H2,1-2H3. The number of amides is 1. The van der Waals surface area contributed by atoms with E-state index in [0.717, 1.165) is 43.7 Å². The van der Waals surface area contributed by atoms with E-state index in [2.05, 4.69) is 0 Å². The third kappa shape index (κ3) is 3.47. The Bertz CT molecular complexity index is 453. The van der Waals surface area contributed by atoms with Crippen LogP contribution in [-0.2, 0) is 4.74 Å². The number of anilines is 1. The lowest BCUT2D eigenvalue weighted by Gasteiger charge is -2.27. The van der Waals surface area contributed by atoms with Crippen molar-refractivity contribution in [1.82, 2.24) is 4.90 Å². The molecule has 0 saturated carbocycles. The van der Waals surface area contributed by atoms with Crippen molar-refractivity contribution in [3.05, 3.63) is 29.3 Å². The molecule has 19 heavy (non-hydrogen) atoms. The molecule has 1 aliphatic rings. The summed E-state index contributed by atoms with van der Waals surface area (Å²) < 4.78 is 5.45. The van der Waals surface area contributed by atoms with Gasteiger partial charge in [-0.25, -0.2) is 0 Å². The largest absolute Gasteiger partial charge is 0.399 e. The number of carbonyl (C=O) groups excluding carboxylic acids is 1. The number of nitrogens with two attached hydrogens (primary N) is 1. The number of rotatable bonds is 3. The van der Waals surface area contributed by atoms with Crippen molar-refractivity contribution in [2.24, 2.45) is 5.92 Å². The van der Waals surface area contributed by atoms with Crippen LogP contribution in [0.5, 0.6) is 0 Å². The zero-order chi connectivity index (χ0) is 13.8. The predicted molar refractivity (Wildman–Crippen MR) is 76.1 cm³/mol. The topological polar surface area (TPSA) is 55.6 Å². The Morgan fingerprint density at radius 1 is 1.53 bits per heavy atom. The molecule has 2 rings (SSSR count). The van der Waals surface area contributed by atoms with Gasteiger partial charge in [0.25, 0.3) is 5.91 Å². The smallest absolute Gasteiger partial charge is 0.253 e. The molecule has 4 heteroatoms. The molecule has 1 unspecified atom stereocenters. The number of aryl methyl sites for hydroxylation is 1. The number of nitrogen functional groups attached to an aromatic ring is 1. The Morgan fingerprint density at radius 3 is 2.95 bits per heavy atom. The summed E-state index contributed by atoms with van der Waals surface area (Å²) >= 11 is 0. The Morgan fingerprint density at radius 2 is 2.32 bits per heavy atom. The minimum Gasteiger partial charge on any atom is -0.399 e. The highest BCUT2D eigenvalue weighted by molar-refractivity contribution is 5.95. The fourth-order valence-electron chi connectivity index (χ4n) is 2.55. The average Bonchev–Trinajstić information content (AvgIpc) is 2.39. The molecule has 1 heterocycles. The van der Waals surface area contributed by atoms with Crippen LogP contribution in [0, 0.1) is 12.8 Å². The van der Waals surface area contributed by atoms with Crippen LogP contribution in [0.15, 0.2) is 18.2 Å². The molecule has 1 fully saturated rings. The van der Waals surface area contributed by atoms with E-state index in [9.17, 15) is 4.79 Å². The van der Waals surface area contributed by atoms with Crippen LogP contribution >= 0.6 is 0 Å². The Labute approximate surface area is 114 Å². The number of hydrogen-bond acceptors (Lipinski definition) is 3. The molecule has 1 aliphatic heterocycles. The van der Waals surface area contributed by atoms with Gasteiger partial charge in [-0.3, -0.25) is 4.79 Å². The number of nitrogens with zero attached hydrogens (tertiary/aromatic N) is 1. The summed E-state index contributed by atoms with van der Waals surface area (Å²) in [7, 11) is 1.85. The van der Waals surface area contributed by atoms with Crippen molar-refractivity contribution in [2.75, 3.05) is 32.5 Å². The summed E-state index contributed by atoms with van der Waals surface area (Å²) in [4.78, 5) is 14.2. The van der Waals surface area contributed by atoms with Crippen LogP contribution in [0.2, 0.25) is 0 Å². The number of carbonyl (C=O) groups is 1. The second-order valence-electron chi connectivity index (χ2n) is 5.34. The van der Waals surface area contributed by atoms with Gasteiger partial charge in [-0.15, -0.1) is 0 Å². The van der Waals surface area contributed by atoms with Crippen LogP contribution < -0.4 is 5.73 Å². The highest BCUT2D eigenvalue weighted by atomic mass is 16.5. The molecule has 0 spiro atoms. The third-order valence-corrected chi connectivity index (χ3v) is 3.61. The van der Waals surface area contributed by atoms with E-state index in [0.29, 0.717) is 11.6 Å². The summed E-state index contributed by atoms with van der Waals surface area (Å²) in [5.74, 6) is 0.514. The molecule has 0 aliphatic carbocycles. The predicted octanol–water partition coefficient (Wildman–Crippen LogP) is 2.08. The third-order valence-electron chi connectivity index (χ3n) is 3.61. The van der Waals surface area contributed by atoms with Crippen LogP contribution in [0.25, 0.3) is 0 Å². The monoisotopic (exact) mass is 262 g/mol. The Kier molecular flexibility index (Phi) is 4.43. The normalized spacial score (nSPS) is 19.2. The fourth-order valence-corrected chi connectivity index (χ4v) is 2.55. The molecule has 2 N–H and O–H groups in total. The highest BCUT2D eigenvalue weighted by Gasteiger charge is 2.20. The molecule has 0 radical (unpaired) electrons. The average molecular weight is 262 g/mol. The fraction of sp³-hybridized carbons (Fsp3) is 0.533. The molecule has 1 aromatic carbocycles. The summed E-state index contributed by atoms with van der Waals surface area (Å²) in [6.07, 6.45) is 2.23. The quantitative estimate of drug-likeness (QED) is 0.848. The van der Waals surface area contributed by atoms with E-state index in [4.69, 9.17) is 10.5 Å². The molecule has 1 atom stereocenters. The summed E-state index contributed by atoms with van der Waals surface area (Å²) in [6.45, 7) is 4.29. The van der Waals surface area contributed by atoms with Gasteiger partial charge in [0.15, 0.2) is 0 Å². The second-order valence-corrected chi connectivity index (χ2v) is 5.34. The minimum atomic E-state index is 0.0584. The highest BCUT2D eigenvalue weighted by Crippen LogP contribution is 2.18. The van der Waals surface area contributed by atoms with E-state index in [1.807, 2.05) is 20.0 Å². The molecule has 0 bridgehead atoms. The minimum absolute atomic E-state index is 0.0584. The van der Waals surface area contributed by atoms with E-state index in [-0.39, 0.29) is 5.91 Å². The van der Waals surface area contributed by atoms with Gasteiger partial charge in [0.05, 0.1) is 6.61 Å². The van der Waals surface area contributed by atoms with Gasteiger partial charge in [-0.1, -0.05) is 0 Å². The SMILES string of the molecule is Cc1cc(N)ccc1C(=O)N(C)CC1CCCOC1. The van der Waals surface area contributed by atoms with Crippen molar-refractivity contribution < 1.29 is 9.53 Å². The second kappa shape index (κ2) is 6.06. The molecule has 1 aromatic rings. The first-order valence-corrected chi connectivity index (χ1v) is 6.77. The number of hydrogen-bond donors (Lipinski definition) is 1. The number of ether oxygens (including phenoxy) is 1. The summed E-state index contributed by atoms with van der Waals surface area (Å²) in [5.41, 5.74) is 8.06. The van der Waals surface area contributed by atoms with Crippen molar-refractivity contribution in [1.29, 1.82) is 0 Å². The number of benzene rings is 1. The van der Waals surface area contributed by atoms with Gasteiger partial charge < -0.3 is 15.4 Å². The van der Waals surface area contributed by atoms with Gasteiger partial charge >= 0.3 is 0 Å². The van der Waals surface area contributed by atoms with Gasteiger partial charge in [0.1, 0.15) is 0 Å². The Balaban J connectivity index is 2.01. The summed E-state index contributed by atoms with van der Waals surface area (Å²) in [6, 6.07) is 5.42. The molecule has 1 amide bonds. The molecule has 104 valence electrons. The first kappa shape index (κ1) is 13.9. The maximum Gasteiger partial charge on any atom is 0.253 e. The van der Waals surface area contributed by atoms with Crippen molar-refractivity contribution in [2.45, 2.75) is 19.8 Å². The first-order valence-electron chi connectivity index (χ1n) is 6.77. The lowest BCUT2D eigenvalue weighted by atomic mass is 10.0. The lowest BCUT2D eigenvalue weighted by molar-refractivity contribution is 0.0388. The zero-order valence-corrected chi connectivity index (χ0v) is 11.7. The van der Waals surface area contributed by atoms with Gasteiger partial charge in [-0.05, 0) is 49.4 Å². The van der Waals surface area contributed by atoms with E-state index < -0.39 is 0 Å². The van der Waals surface area contributed by atoms with Gasteiger partial charge in [0.2, 0.25) is 0 Å².